The van der Waals surface area contributed by atoms with Crippen molar-refractivity contribution in [2.45, 2.75) is 32.9 Å². The summed E-state index contributed by atoms with van der Waals surface area (Å²) in [6, 6.07) is 3.60. The topological polar surface area (TPSA) is 80.0 Å². The summed E-state index contributed by atoms with van der Waals surface area (Å²) in [5.41, 5.74) is 6.66. The number of halogens is 2. The number of amides is 2. The Morgan fingerprint density at radius 1 is 1.56 bits per heavy atom. The van der Waals surface area contributed by atoms with Crippen molar-refractivity contribution in [3.8, 4) is 0 Å². The number of nitrogens with two attached hydrogens (primary N) is 1. The van der Waals surface area contributed by atoms with E-state index in [1.165, 1.54) is 24.4 Å². The van der Waals surface area contributed by atoms with Gasteiger partial charge in [-0.1, -0.05) is 11.6 Å². The van der Waals surface area contributed by atoms with Crippen molar-refractivity contribution in [3.63, 3.8) is 0 Å². The average Bonchev–Trinajstić information content (AvgIpc) is 2.56. The molecule has 0 fully saturated rings. The van der Waals surface area contributed by atoms with Gasteiger partial charge in [0.15, 0.2) is 5.76 Å². The number of anilines is 1. The zero-order chi connectivity index (χ0) is 18.6. The van der Waals surface area contributed by atoms with E-state index in [0.29, 0.717) is 23.7 Å². The van der Waals surface area contributed by atoms with Crippen LogP contribution in [0.3, 0.4) is 0 Å². The van der Waals surface area contributed by atoms with Crippen molar-refractivity contribution < 1.29 is 13.9 Å². The number of aliphatic imine (C=N–C) groups is 1. The number of ether oxygens (including phenoxy) is 1. The molecule has 1 aliphatic rings. The summed E-state index contributed by atoms with van der Waals surface area (Å²) >= 11 is 5.75. The zero-order valence-corrected chi connectivity index (χ0v) is 15.2. The van der Waals surface area contributed by atoms with E-state index in [1.807, 2.05) is 20.8 Å². The normalized spacial score (nSPS) is 18.2. The minimum atomic E-state index is -0.538. The first-order chi connectivity index (χ1) is 11.8. The lowest BCUT2D eigenvalue weighted by Gasteiger charge is -2.33. The maximum Gasteiger partial charge on any atom is 0.322 e. The number of carbonyl (C=O) groups excluding carboxylic acids is 1. The van der Waals surface area contributed by atoms with Gasteiger partial charge in [0.25, 0.3) is 0 Å². The van der Waals surface area contributed by atoms with E-state index < -0.39 is 5.82 Å². The van der Waals surface area contributed by atoms with Crippen LogP contribution in [0.2, 0.25) is 5.02 Å². The minimum Gasteiger partial charge on any atom is -0.488 e. The lowest BCUT2D eigenvalue weighted by atomic mass is 10.1. The first-order valence-corrected chi connectivity index (χ1v) is 8.34. The van der Waals surface area contributed by atoms with E-state index in [4.69, 9.17) is 22.1 Å². The molecule has 8 heteroatoms. The van der Waals surface area contributed by atoms with Gasteiger partial charge in [-0.2, -0.15) is 0 Å². The molecule has 0 spiro atoms. The molecule has 1 unspecified atom stereocenters. The van der Waals surface area contributed by atoms with Crippen LogP contribution in [0.1, 0.15) is 20.8 Å². The van der Waals surface area contributed by atoms with Gasteiger partial charge in [-0.15, -0.1) is 0 Å². The summed E-state index contributed by atoms with van der Waals surface area (Å²) in [4.78, 5) is 18.7. The molecule has 0 aromatic heterocycles. The number of hydrogen-bond donors (Lipinski definition) is 2. The number of benzene rings is 1. The Labute approximate surface area is 151 Å². The summed E-state index contributed by atoms with van der Waals surface area (Å²) in [5, 5.41) is 2.67. The fraction of sp³-hybridized carbons (Fsp3) is 0.412. The molecule has 1 aromatic rings. The SMILES string of the molecule is CC(C)OC(=CN)C1=NCC(C)N(C(=O)Nc2ccc(F)c(Cl)c2)C1. The van der Waals surface area contributed by atoms with Crippen molar-refractivity contribution in [2.75, 3.05) is 18.4 Å². The number of nitrogens with one attached hydrogen (secondary N) is 1. The molecular weight excluding hydrogens is 347 g/mol. The van der Waals surface area contributed by atoms with Crippen molar-refractivity contribution in [1.82, 2.24) is 4.90 Å². The first-order valence-electron chi connectivity index (χ1n) is 7.96. The molecule has 0 radical (unpaired) electrons. The summed E-state index contributed by atoms with van der Waals surface area (Å²) in [5.74, 6) is -0.0755. The number of hydrogen-bond acceptors (Lipinski definition) is 4. The lowest BCUT2D eigenvalue weighted by Crippen LogP contribution is -2.49. The molecule has 1 aliphatic heterocycles. The Morgan fingerprint density at radius 3 is 2.88 bits per heavy atom. The molecule has 2 rings (SSSR count). The largest absolute Gasteiger partial charge is 0.488 e. The molecule has 0 saturated heterocycles. The van der Waals surface area contributed by atoms with Gasteiger partial charge in [0.2, 0.25) is 0 Å². The predicted molar refractivity (Wildman–Crippen MR) is 97.4 cm³/mol. The standard InChI is InChI=1S/C17H22ClFN4O2/c1-10(2)25-16(7-20)15-9-23(11(3)8-21-15)17(24)22-12-4-5-14(19)13(18)6-12/h4-7,10-11H,8-9,20H2,1-3H3,(H,22,24). The summed E-state index contributed by atoms with van der Waals surface area (Å²) in [6.07, 6.45) is 1.30. The molecule has 0 aliphatic carbocycles. The molecule has 0 saturated carbocycles. The van der Waals surface area contributed by atoms with Crippen LogP contribution < -0.4 is 11.1 Å². The first kappa shape index (κ1) is 19.1. The van der Waals surface area contributed by atoms with Gasteiger partial charge in [-0.3, -0.25) is 4.99 Å². The van der Waals surface area contributed by atoms with Crippen LogP contribution in [0.5, 0.6) is 0 Å². The molecule has 25 heavy (non-hydrogen) atoms. The van der Waals surface area contributed by atoms with Gasteiger partial charge in [0.05, 0.1) is 36.0 Å². The highest BCUT2D eigenvalue weighted by atomic mass is 35.5. The molecule has 1 aromatic carbocycles. The monoisotopic (exact) mass is 368 g/mol. The second kappa shape index (κ2) is 8.20. The summed E-state index contributed by atoms with van der Waals surface area (Å²) < 4.78 is 18.9. The van der Waals surface area contributed by atoms with Crippen molar-refractivity contribution in [3.05, 3.63) is 41.0 Å². The van der Waals surface area contributed by atoms with Gasteiger partial charge in [-0.25, -0.2) is 9.18 Å². The Balaban J connectivity index is 2.11. The number of urea groups is 1. The van der Waals surface area contributed by atoms with E-state index in [0.717, 1.165) is 0 Å². The second-order valence-corrected chi connectivity index (χ2v) is 6.43. The Hall–Kier alpha value is -2.28. The molecular formula is C17H22ClFN4O2. The van der Waals surface area contributed by atoms with Gasteiger partial charge in [-0.05, 0) is 39.0 Å². The lowest BCUT2D eigenvalue weighted by molar-refractivity contribution is 0.158. The number of carbonyl (C=O) groups is 1. The maximum atomic E-state index is 13.2. The van der Waals surface area contributed by atoms with Gasteiger partial charge in [0, 0.05) is 11.9 Å². The third kappa shape index (κ3) is 4.85. The van der Waals surface area contributed by atoms with Gasteiger partial charge >= 0.3 is 6.03 Å². The van der Waals surface area contributed by atoms with E-state index in [9.17, 15) is 9.18 Å². The minimum absolute atomic E-state index is 0.0505. The van der Waals surface area contributed by atoms with Crippen LogP contribution in [0.25, 0.3) is 0 Å². The molecule has 2 amide bonds. The second-order valence-electron chi connectivity index (χ2n) is 6.02. The molecule has 1 atom stereocenters. The van der Waals surface area contributed by atoms with Crippen LogP contribution in [-0.4, -0.2) is 41.9 Å². The smallest absolute Gasteiger partial charge is 0.322 e. The van der Waals surface area contributed by atoms with Crippen LogP contribution >= 0.6 is 11.6 Å². The fourth-order valence-electron chi connectivity index (χ4n) is 2.36. The highest BCUT2D eigenvalue weighted by Gasteiger charge is 2.28. The van der Waals surface area contributed by atoms with Crippen molar-refractivity contribution in [2.24, 2.45) is 10.7 Å². The molecule has 136 valence electrons. The third-order valence-corrected chi connectivity index (χ3v) is 3.92. The predicted octanol–water partition coefficient (Wildman–Crippen LogP) is 3.38. The number of rotatable bonds is 4. The Bertz CT molecular complexity index is 706. The summed E-state index contributed by atoms with van der Waals surface area (Å²) in [6.45, 7) is 6.37. The molecule has 0 bridgehead atoms. The maximum absolute atomic E-state index is 13.2. The fourth-order valence-corrected chi connectivity index (χ4v) is 2.54. The van der Waals surface area contributed by atoms with Crippen molar-refractivity contribution in [1.29, 1.82) is 0 Å². The number of nitrogens with zero attached hydrogens (tertiary/aromatic N) is 2. The third-order valence-electron chi connectivity index (χ3n) is 3.63. The highest BCUT2D eigenvalue weighted by molar-refractivity contribution is 6.31. The molecule has 6 nitrogen and oxygen atoms in total. The molecule has 3 N–H and O–H groups in total. The zero-order valence-electron chi connectivity index (χ0n) is 14.4. The Kier molecular flexibility index (Phi) is 6.25. The van der Waals surface area contributed by atoms with E-state index >= 15 is 0 Å². The highest BCUT2D eigenvalue weighted by Crippen LogP contribution is 2.21. The van der Waals surface area contributed by atoms with E-state index in [-0.39, 0.29) is 29.7 Å². The van der Waals surface area contributed by atoms with E-state index in [2.05, 4.69) is 10.3 Å². The van der Waals surface area contributed by atoms with Crippen LogP contribution in [0.4, 0.5) is 14.9 Å². The Morgan fingerprint density at radius 2 is 2.28 bits per heavy atom. The summed E-state index contributed by atoms with van der Waals surface area (Å²) in [7, 11) is 0. The quantitative estimate of drug-likeness (QED) is 0.799. The van der Waals surface area contributed by atoms with Crippen molar-refractivity contribution >= 4 is 29.0 Å². The average molecular weight is 369 g/mol. The van der Waals surface area contributed by atoms with Crippen LogP contribution in [0.15, 0.2) is 35.2 Å². The van der Waals surface area contributed by atoms with Crippen LogP contribution in [-0.2, 0) is 4.74 Å². The van der Waals surface area contributed by atoms with E-state index in [1.54, 1.807) is 4.90 Å². The van der Waals surface area contributed by atoms with Crippen LogP contribution in [0, 0.1) is 5.82 Å². The van der Waals surface area contributed by atoms with Gasteiger partial charge < -0.3 is 20.7 Å². The molecule has 1 heterocycles. The van der Waals surface area contributed by atoms with Gasteiger partial charge in [0.1, 0.15) is 5.82 Å².